The summed E-state index contributed by atoms with van der Waals surface area (Å²) < 4.78 is 5.21. The number of carbonyl (C=O) groups excluding carboxylic acids is 1. The van der Waals surface area contributed by atoms with Crippen LogP contribution in [0.1, 0.15) is 13.3 Å². The maximum absolute atomic E-state index is 11.9. The maximum atomic E-state index is 11.9. The van der Waals surface area contributed by atoms with Gasteiger partial charge in [-0.05, 0) is 37.5 Å². The number of hydrogen-bond donors (Lipinski definition) is 2. The second-order valence-electron chi connectivity index (χ2n) is 4.25. The van der Waals surface area contributed by atoms with Gasteiger partial charge in [-0.2, -0.15) is 11.8 Å². The highest BCUT2D eigenvalue weighted by Gasteiger charge is 2.20. The average molecular weight is 313 g/mol. The summed E-state index contributed by atoms with van der Waals surface area (Å²) in [6.07, 6.45) is 2.43. The molecular formula is C13H19N3O4S. The Morgan fingerprint density at radius 2 is 2.29 bits per heavy atom. The van der Waals surface area contributed by atoms with Gasteiger partial charge in [0.15, 0.2) is 0 Å². The van der Waals surface area contributed by atoms with E-state index in [0.717, 1.165) is 5.75 Å². The molecule has 0 saturated carbocycles. The molecular weight excluding hydrogens is 294 g/mol. The lowest BCUT2D eigenvalue weighted by Gasteiger charge is -2.12. The number of nitrogens with two attached hydrogens (primary N) is 1. The average Bonchev–Trinajstić information content (AvgIpc) is 2.46. The highest BCUT2D eigenvalue weighted by atomic mass is 32.2. The minimum absolute atomic E-state index is 0.119. The lowest BCUT2D eigenvalue weighted by Crippen LogP contribution is -2.36. The minimum Gasteiger partial charge on any atom is -0.494 e. The van der Waals surface area contributed by atoms with E-state index in [-0.39, 0.29) is 11.4 Å². The third kappa shape index (κ3) is 5.24. The Kier molecular flexibility index (Phi) is 6.97. The number of nitro benzene ring substituents is 1. The SMILES string of the molecule is CCOc1ccc(NC(=O)[C@H](N)CCSC)c([N+](=O)[O-])c1. The smallest absolute Gasteiger partial charge is 0.296 e. The molecule has 1 rings (SSSR count). The monoisotopic (exact) mass is 313 g/mol. The number of benzene rings is 1. The van der Waals surface area contributed by atoms with Crippen LogP contribution in [-0.2, 0) is 4.79 Å². The van der Waals surface area contributed by atoms with E-state index in [1.54, 1.807) is 24.8 Å². The van der Waals surface area contributed by atoms with Gasteiger partial charge in [0.25, 0.3) is 5.69 Å². The summed E-state index contributed by atoms with van der Waals surface area (Å²) in [7, 11) is 0. The number of nitrogens with one attached hydrogen (secondary N) is 1. The molecule has 1 aromatic carbocycles. The molecule has 0 unspecified atom stereocenters. The number of thioether (sulfide) groups is 1. The van der Waals surface area contributed by atoms with Crippen LogP contribution in [0.5, 0.6) is 5.75 Å². The number of rotatable bonds is 8. The predicted octanol–water partition coefficient (Wildman–Crippen LogP) is 2.01. The first-order chi connectivity index (χ1) is 9.99. The molecule has 21 heavy (non-hydrogen) atoms. The Morgan fingerprint density at radius 1 is 1.57 bits per heavy atom. The number of amides is 1. The summed E-state index contributed by atoms with van der Waals surface area (Å²) in [6.45, 7) is 2.19. The quantitative estimate of drug-likeness (QED) is 0.561. The van der Waals surface area contributed by atoms with Gasteiger partial charge in [-0.15, -0.1) is 0 Å². The van der Waals surface area contributed by atoms with Gasteiger partial charge in [0.2, 0.25) is 5.91 Å². The predicted molar refractivity (Wildman–Crippen MR) is 83.9 cm³/mol. The molecule has 0 radical (unpaired) electrons. The van der Waals surface area contributed by atoms with Crippen LogP contribution >= 0.6 is 11.8 Å². The molecule has 8 heteroatoms. The Hall–Kier alpha value is -1.80. The summed E-state index contributed by atoms with van der Waals surface area (Å²) >= 11 is 1.58. The van der Waals surface area contributed by atoms with E-state index in [1.807, 2.05) is 6.26 Å². The van der Waals surface area contributed by atoms with Gasteiger partial charge in [0.1, 0.15) is 11.4 Å². The molecule has 0 aliphatic heterocycles. The number of anilines is 1. The molecule has 0 aromatic heterocycles. The van der Waals surface area contributed by atoms with Crippen molar-refractivity contribution in [3.63, 3.8) is 0 Å². The molecule has 0 aliphatic rings. The first kappa shape index (κ1) is 17.3. The summed E-state index contributed by atoms with van der Waals surface area (Å²) in [5.74, 6) is 0.699. The van der Waals surface area contributed by atoms with Gasteiger partial charge in [-0.1, -0.05) is 0 Å². The molecule has 0 saturated heterocycles. The number of ether oxygens (including phenoxy) is 1. The van der Waals surface area contributed by atoms with Crippen LogP contribution in [0.25, 0.3) is 0 Å². The maximum Gasteiger partial charge on any atom is 0.296 e. The molecule has 0 fully saturated rings. The van der Waals surface area contributed by atoms with Crippen molar-refractivity contribution < 1.29 is 14.5 Å². The fraction of sp³-hybridized carbons (Fsp3) is 0.462. The van der Waals surface area contributed by atoms with Crippen molar-refractivity contribution in [1.82, 2.24) is 0 Å². The molecule has 1 amide bonds. The first-order valence-electron chi connectivity index (χ1n) is 6.46. The molecule has 3 N–H and O–H groups in total. The van der Waals surface area contributed by atoms with Crippen LogP contribution in [0.15, 0.2) is 18.2 Å². The Morgan fingerprint density at radius 3 is 2.86 bits per heavy atom. The van der Waals surface area contributed by atoms with Crippen molar-refractivity contribution in [3.05, 3.63) is 28.3 Å². The van der Waals surface area contributed by atoms with E-state index in [0.29, 0.717) is 18.8 Å². The summed E-state index contributed by atoms with van der Waals surface area (Å²) in [5, 5.41) is 13.6. The molecule has 0 heterocycles. The van der Waals surface area contributed by atoms with Gasteiger partial charge < -0.3 is 15.8 Å². The van der Waals surface area contributed by atoms with Crippen molar-refractivity contribution in [3.8, 4) is 5.75 Å². The van der Waals surface area contributed by atoms with Crippen molar-refractivity contribution in [2.24, 2.45) is 5.73 Å². The van der Waals surface area contributed by atoms with Crippen LogP contribution in [0.4, 0.5) is 11.4 Å². The number of nitrogens with zero attached hydrogens (tertiary/aromatic N) is 1. The zero-order valence-electron chi connectivity index (χ0n) is 12.0. The molecule has 1 aromatic rings. The molecule has 0 bridgehead atoms. The second-order valence-corrected chi connectivity index (χ2v) is 5.23. The van der Waals surface area contributed by atoms with Crippen LogP contribution < -0.4 is 15.8 Å². The Labute approximate surface area is 127 Å². The van der Waals surface area contributed by atoms with Crippen LogP contribution in [-0.4, -0.2) is 35.5 Å². The third-order valence-electron chi connectivity index (χ3n) is 2.70. The van der Waals surface area contributed by atoms with E-state index in [2.05, 4.69) is 5.32 Å². The third-order valence-corrected chi connectivity index (χ3v) is 3.35. The van der Waals surface area contributed by atoms with Crippen LogP contribution in [0, 0.1) is 10.1 Å². The zero-order chi connectivity index (χ0) is 15.8. The van der Waals surface area contributed by atoms with Crippen molar-refractivity contribution in [2.45, 2.75) is 19.4 Å². The van der Waals surface area contributed by atoms with Crippen molar-refractivity contribution in [2.75, 3.05) is 23.9 Å². The van der Waals surface area contributed by atoms with Crippen LogP contribution in [0.2, 0.25) is 0 Å². The van der Waals surface area contributed by atoms with E-state index in [4.69, 9.17) is 10.5 Å². The molecule has 7 nitrogen and oxygen atoms in total. The zero-order valence-corrected chi connectivity index (χ0v) is 12.8. The van der Waals surface area contributed by atoms with Crippen LogP contribution in [0.3, 0.4) is 0 Å². The lowest BCUT2D eigenvalue weighted by molar-refractivity contribution is -0.384. The Bertz CT molecular complexity index is 510. The van der Waals surface area contributed by atoms with E-state index in [1.165, 1.54) is 12.1 Å². The Balaban J connectivity index is 2.86. The van der Waals surface area contributed by atoms with E-state index < -0.39 is 16.9 Å². The standard InChI is InChI=1S/C13H19N3O4S/c1-3-20-9-4-5-11(12(8-9)16(18)19)15-13(17)10(14)6-7-21-2/h4-5,8,10H,3,6-7,14H2,1-2H3,(H,15,17)/t10-/m1/s1. The first-order valence-corrected chi connectivity index (χ1v) is 7.85. The summed E-state index contributed by atoms with van der Waals surface area (Å²) in [6, 6.07) is 3.61. The molecule has 1 atom stereocenters. The largest absolute Gasteiger partial charge is 0.494 e. The lowest BCUT2D eigenvalue weighted by atomic mass is 10.2. The van der Waals surface area contributed by atoms with Crippen molar-refractivity contribution >= 4 is 29.0 Å². The number of carbonyl (C=O) groups is 1. The fourth-order valence-corrected chi connectivity index (χ4v) is 2.12. The fourth-order valence-electron chi connectivity index (χ4n) is 1.63. The van der Waals surface area contributed by atoms with Gasteiger partial charge in [0, 0.05) is 0 Å². The van der Waals surface area contributed by atoms with Crippen molar-refractivity contribution in [1.29, 1.82) is 0 Å². The summed E-state index contributed by atoms with van der Waals surface area (Å²) in [5.41, 5.74) is 5.64. The topological polar surface area (TPSA) is 107 Å². The van der Waals surface area contributed by atoms with E-state index >= 15 is 0 Å². The number of hydrogen-bond acceptors (Lipinski definition) is 6. The highest BCUT2D eigenvalue weighted by Crippen LogP contribution is 2.29. The minimum atomic E-state index is -0.691. The summed E-state index contributed by atoms with van der Waals surface area (Å²) in [4.78, 5) is 22.4. The van der Waals surface area contributed by atoms with Gasteiger partial charge >= 0.3 is 0 Å². The van der Waals surface area contributed by atoms with Gasteiger partial charge in [0.05, 0.1) is 23.6 Å². The number of nitro groups is 1. The molecule has 0 spiro atoms. The normalized spacial score (nSPS) is 11.8. The highest BCUT2D eigenvalue weighted by molar-refractivity contribution is 7.98. The van der Waals surface area contributed by atoms with Gasteiger partial charge in [-0.3, -0.25) is 14.9 Å². The molecule has 116 valence electrons. The second kappa shape index (κ2) is 8.48. The molecule has 0 aliphatic carbocycles. The van der Waals surface area contributed by atoms with E-state index in [9.17, 15) is 14.9 Å². The van der Waals surface area contributed by atoms with Gasteiger partial charge in [-0.25, -0.2) is 0 Å².